The molecule has 0 radical (unpaired) electrons. The van der Waals surface area contributed by atoms with E-state index in [1.54, 1.807) is 0 Å². The first-order valence-electron chi connectivity index (χ1n) is 13.4. The van der Waals surface area contributed by atoms with Crippen molar-refractivity contribution >= 4 is 29.1 Å². The Balaban J connectivity index is 1.68. The summed E-state index contributed by atoms with van der Waals surface area (Å²) in [5, 5.41) is 64.3. The van der Waals surface area contributed by atoms with Crippen molar-refractivity contribution in [2.75, 3.05) is 27.4 Å². The molecular formula is C27H32N3O13+. The Hall–Kier alpha value is -3.90. The van der Waals surface area contributed by atoms with Gasteiger partial charge in [-0.2, -0.15) is 4.79 Å². The Labute approximate surface area is 244 Å². The maximum Gasteiger partial charge on any atom is 0.528 e. The van der Waals surface area contributed by atoms with Crippen LogP contribution >= 0.6 is 0 Å². The highest BCUT2D eigenvalue weighted by Crippen LogP contribution is 2.49. The molecule has 2 saturated heterocycles. The zero-order valence-corrected chi connectivity index (χ0v) is 23.2. The van der Waals surface area contributed by atoms with Gasteiger partial charge in [-0.15, -0.1) is 4.48 Å². The maximum atomic E-state index is 13.8. The van der Waals surface area contributed by atoms with Crippen molar-refractivity contribution in [3.63, 3.8) is 0 Å². The summed E-state index contributed by atoms with van der Waals surface area (Å²) in [7, 11) is 2.48. The molecule has 5 rings (SSSR count). The first-order valence-corrected chi connectivity index (χ1v) is 13.4. The van der Waals surface area contributed by atoms with Crippen molar-refractivity contribution in [2.24, 2.45) is 0 Å². The molecule has 5 N–H and O–H groups in total. The molecule has 8 atom stereocenters. The molecule has 16 nitrogen and oxygen atoms in total. The van der Waals surface area contributed by atoms with Gasteiger partial charge in [0.05, 0.1) is 31.8 Å². The molecule has 2 aromatic carbocycles. The van der Waals surface area contributed by atoms with Crippen LogP contribution in [-0.4, -0.2) is 118 Å². The number of benzene rings is 2. The Morgan fingerprint density at radius 3 is 2.51 bits per heavy atom. The van der Waals surface area contributed by atoms with Gasteiger partial charge in [0, 0.05) is 18.7 Å². The lowest BCUT2D eigenvalue weighted by Crippen LogP contribution is -2.62. The summed E-state index contributed by atoms with van der Waals surface area (Å²) in [6.45, 7) is -0.436. The van der Waals surface area contributed by atoms with Crippen LogP contribution in [0.25, 0.3) is 0 Å². The van der Waals surface area contributed by atoms with Gasteiger partial charge in [0.25, 0.3) is 5.91 Å². The second-order valence-electron chi connectivity index (χ2n) is 10.4. The van der Waals surface area contributed by atoms with E-state index in [9.17, 15) is 45.2 Å². The molecule has 232 valence electrons. The van der Waals surface area contributed by atoms with Gasteiger partial charge < -0.3 is 49.4 Å². The number of nitro benzene ring substituents is 1. The molecule has 2 aromatic rings. The van der Waals surface area contributed by atoms with E-state index in [1.807, 2.05) is 0 Å². The van der Waals surface area contributed by atoms with E-state index in [-0.39, 0.29) is 16.9 Å². The van der Waals surface area contributed by atoms with Crippen molar-refractivity contribution in [2.45, 2.75) is 55.8 Å². The Morgan fingerprint density at radius 1 is 1.12 bits per heavy atom. The molecule has 0 aromatic heterocycles. The number of hydrogen-bond donors (Lipinski definition) is 5. The van der Waals surface area contributed by atoms with E-state index in [0.29, 0.717) is 25.1 Å². The first kappa shape index (κ1) is 30.6. The summed E-state index contributed by atoms with van der Waals surface area (Å²) in [6.07, 6.45) is -10.2. The van der Waals surface area contributed by atoms with Crippen LogP contribution in [0, 0.1) is 10.1 Å². The fraction of sp³-hybridized carbons (Fsp3) is 0.481. The summed E-state index contributed by atoms with van der Waals surface area (Å²) >= 11 is 0. The summed E-state index contributed by atoms with van der Waals surface area (Å²) in [5.41, 5.74) is -0.842. The molecule has 3 aliphatic heterocycles. The molecule has 0 bridgehead atoms. The summed E-state index contributed by atoms with van der Waals surface area (Å²) in [5.74, 6) is -0.619. The number of fused-ring (bicyclic) bond motifs is 2. The standard InChI is InChI=1S/C27H32N3O13/c1-40-14-6-7-18-15(11-14)24(35)28-9-3-4-16(28)25(36)30(18,27(37)41-2)13-5-8-19(17(10-13)29(38)39)42-26-23(34)22(33)21(32)20(12-31)43-26/h5-8,10-11,16,20-23,25-26,31-34,36H,3-4,9,12H2,1-2H3/q+1/t16?,20-,21+,22+,23-,25+,26-,30?/m1/s1. The molecule has 2 fully saturated rings. The fourth-order valence-electron chi connectivity index (χ4n) is 6.04. The normalized spacial score (nSPS) is 31.9. The number of aliphatic hydroxyl groups excluding tert-OH is 5. The molecule has 0 aliphatic carbocycles. The largest absolute Gasteiger partial charge is 0.528 e. The molecular weight excluding hydrogens is 574 g/mol. The minimum Gasteiger partial charge on any atom is -0.497 e. The zero-order chi connectivity index (χ0) is 31.2. The van der Waals surface area contributed by atoms with Gasteiger partial charge in [0.2, 0.25) is 18.3 Å². The number of aliphatic hydroxyl groups is 5. The predicted molar refractivity (Wildman–Crippen MR) is 144 cm³/mol. The first-order chi connectivity index (χ1) is 20.5. The van der Waals surface area contributed by atoms with Gasteiger partial charge in [-0.05, 0) is 31.0 Å². The summed E-state index contributed by atoms with van der Waals surface area (Å²) in [6, 6.07) is 6.81. The number of methoxy groups -OCH3 is 2. The smallest absolute Gasteiger partial charge is 0.497 e. The van der Waals surface area contributed by atoms with Gasteiger partial charge in [-0.3, -0.25) is 14.9 Å². The van der Waals surface area contributed by atoms with Gasteiger partial charge in [0.15, 0.2) is 11.4 Å². The molecule has 16 heteroatoms. The third-order valence-electron chi connectivity index (χ3n) is 8.22. The zero-order valence-electron chi connectivity index (χ0n) is 23.2. The van der Waals surface area contributed by atoms with Gasteiger partial charge in [0.1, 0.15) is 41.8 Å². The number of nitro groups is 1. The monoisotopic (exact) mass is 606 g/mol. The number of quaternary nitrogens is 1. The average molecular weight is 607 g/mol. The minimum absolute atomic E-state index is 0.00329. The van der Waals surface area contributed by atoms with Crippen molar-refractivity contribution in [1.82, 2.24) is 9.38 Å². The quantitative estimate of drug-likeness (QED) is 0.168. The highest BCUT2D eigenvalue weighted by Gasteiger charge is 2.60. The van der Waals surface area contributed by atoms with Crippen molar-refractivity contribution in [3.05, 3.63) is 52.1 Å². The highest BCUT2D eigenvalue weighted by molar-refractivity contribution is 6.06. The lowest BCUT2D eigenvalue weighted by Gasteiger charge is -2.40. The Kier molecular flexibility index (Phi) is 8.28. The van der Waals surface area contributed by atoms with Crippen LogP contribution in [0.4, 0.5) is 21.9 Å². The van der Waals surface area contributed by atoms with E-state index in [2.05, 4.69) is 0 Å². The second-order valence-corrected chi connectivity index (χ2v) is 10.4. The van der Waals surface area contributed by atoms with E-state index in [4.69, 9.17) is 18.9 Å². The number of carbonyl (C=O) groups is 2. The van der Waals surface area contributed by atoms with Crippen molar-refractivity contribution in [1.29, 1.82) is 0 Å². The molecule has 0 saturated carbocycles. The number of ether oxygens (including phenoxy) is 4. The van der Waals surface area contributed by atoms with Crippen molar-refractivity contribution < 1.29 is 59.0 Å². The third kappa shape index (κ3) is 4.76. The third-order valence-corrected chi connectivity index (χ3v) is 8.22. The van der Waals surface area contributed by atoms with Crippen LogP contribution < -0.4 is 14.0 Å². The number of rotatable bonds is 6. The van der Waals surface area contributed by atoms with E-state index in [0.717, 1.165) is 19.2 Å². The Bertz CT molecular complexity index is 1420. The van der Waals surface area contributed by atoms with E-state index in [1.165, 1.54) is 36.3 Å². The number of carbonyl (C=O) groups excluding carboxylic acids is 2. The molecule has 2 amide bonds. The number of hydrogen-bond acceptors (Lipinski definition) is 13. The fourth-order valence-corrected chi connectivity index (χ4v) is 6.04. The summed E-state index contributed by atoms with van der Waals surface area (Å²) < 4.78 is 20.2. The van der Waals surface area contributed by atoms with Crippen molar-refractivity contribution in [3.8, 4) is 11.5 Å². The van der Waals surface area contributed by atoms with Crippen LogP contribution in [0.3, 0.4) is 0 Å². The molecule has 0 spiro atoms. The van der Waals surface area contributed by atoms with E-state index < -0.39 is 82.4 Å². The minimum atomic E-state index is -1.85. The second kappa shape index (κ2) is 11.6. The van der Waals surface area contributed by atoms with Crippen LogP contribution in [0.15, 0.2) is 36.4 Å². The Morgan fingerprint density at radius 2 is 1.86 bits per heavy atom. The average Bonchev–Trinajstić information content (AvgIpc) is 3.49. The summed E-state index contributed by atoms with van der Waals surface area (Å²) in [4.78, 5) is 40.5. The van der Waals surface area contributed by atoms with Crippen LogP contribution in [0.5, 0.6) is 11.5 Å². The molecule has 3 heterocycles. The predicted octanol–water partition coefficient (Wildman–Crippen LogP) is 0.124. The van der Waals surface area contributed by atoms with Gasteiger partial charge in [-0.1, -0.05) is 0 Å². The van der Waals surface area contributed by atoms with Crippen LogP contribution in [0.2, 0.25) is 0 Å². The van der Waals surface area contributed by atoms with Gasteiger partial charge >= 0.3 is 11.8 Å². The molecule has 2 unspecified atom stereocenters. The van der Waals surface area contributed by atoms with Gasteiger partial charge in [-0.25, -0.2) is 0 Å². The molecule has 3 aliphatic rings. The molecule has 43 heavy (non-hydrogen) atoms. The highest BCUT2D eigenvalue weighted by atomic mass is 16.7. The number of amides is 2. The SMILES string of the molecule is COC(=O)[N+]1(c2ccc(O[C@@H]3O[C@H](CO)[C@H](O)[C@H](O)[C@H]3O)c([N+](=O)[O-])c2)c2ccc(OC)cc2C(=O)N2CCCC2[C@@H]1O. The lowest BCUT2D eigenvalue weighted by atomic mass is 9.99. The lowest BCUT2D eigenvalue weighted by molar-refractivity contribution is -0.387. The topological polar surface area (TPSA) is 219 Å². The van der Waals surface area contributed by atoms with Crippen LogP contribution in [-0.2, 0) is 9.47 Å². The van der Waals surface area contributed by atoms with Crippen LogP contribution in [0.1, 0.15) is 23.2 Å². The van der Waals surface area contributed by atoms with E-state index >= 15 is 0 Å². The number of nitrogens with zero attached hydrogens (tertiary/aromatic N) is 3. The maximum absolute atomic E-state index is 13.8.